The van der Waals surface area contributed by atoms with Crippen molar-refractivity contribution in [2.75, 3.05) is 5.73 Å². The maximum Gasteiger partial charge on any atom is 0.217 e. The molecule has 0 atom stereocenters. The number of fused-ring (bicyclic) bond motifs is 1. The van der Waals surface area contributed by atoms with Gasteiger partial charge in [0.1, 0.15) is 17.5 Å². The molecule has 0 aliphatic rings. The second kappa shape index (κ2) is 7.47. The van der Waals surface area contributed by atoms with E-state index in [1.165, 1.54) is 11.8 Å². The average molecular weight is 357 g/mol. The molecule has 9 heteroatoms. The number of nitrogens with two attached hydrogens (primary N) is 2. The van der Waals surface area contributed by atoms with E-state index in [0.29, 0.717) is 30.4 Å². The molecule has 3 rings (SSSR count). The molecule has 0 aliphatic carbocycles. The SMILES string of the molecule is CCn1c(CCC(N)=O)nnc1SCc1nc(N)c2ccccc2n1. The number of benzene rings is 1. The summed E-state index contributed by atoms with van der Waals surface area (Å²) in [4.78, 5) is 19.9. The highest BCUT2D eigenvalue weighted by Gasteiger charge is 2.13. The third kappa shape index (κ3) is 3.87. The Labute approximate surface area is 149 Å². The van der Waals surface area contributed by atoms with Crippen molar-refractivity contribution in [3.05, 3.63) is 35.9 Å². The number of rotatable bonds is 7. The topological polar surface area (TPSA) is 126 Å². The monoisotopic (exact) mass is 357 g/mol. The fourth-order valence-corrected chi connectivity index (χ4v) is 3.38. The number of aromatic nitrogens is 5. The number of carbonyl (C=O) groups excluding carboxylic acids is 1. The summed E-state index contributed by atoms with van der Waals surface area (Å²) >= 11 is 1.49. The van der Waals surface area contributed by atoms with Crippen molar-refractivity contribution in [2.24, 2.45) is 5.73 Å². The summed E-state index contributed by atoms with van der Waals surface area (Å²) in [6.07, 6.45) is 0.739. The molecule has 2 aromatic heterocycles. The van der Waals surface area contributed by atoms with Gasteiger partial charge in [-0.15, -0.1) is 10.2 Å². The Bertz CT molecular complexity index is 909. The van der Waals surface area contributed by atoms with Crippen LogP contribution in [0.25, 0.3) is 10.9 Å². The molecule has 0 radical (unpaired) electrons. The molecule has 130 valence electrons. The Balaban J connectivity index is 1.76. The van der Waals surface area contributed by atoms with Gasteiger partial charge in [0.15, 0.2) is 5.16 Å². The van der Waals surface area contributed by atoms with E-state index in [1.807, 2.05) is 35.8 Å². The van der Waals surface area contributed by atoms with Crippen molar-refractivity contribution in [3.8, 4) is 0 Å². The number of nitrogens with zero attached hydrogens (tertiary/aromatic N) is 5. The lowest BCUT2D eigenvalue weighted by Crippen LogP contribution is -2.13. The Kier molecular flexibility index (Phi) is 5.13. The van der Waals surface area contributed by atoms with Crippen LogP contribution in [0.5, 0.6) is 0 Å². The van der Waals surface area contributed by atoms with Gasteiger partial charge in [0.2, 0.25) is 5.91 Å². The minimum absolute atomic E-state index is 0.257. The van der Waals surface area contributed by atoms with Gasteiger partial charge in [-0.2, -0.15) is 0 Å². The van der Waals surface area contributed by atoms with Gasteiger partial charge >= 0.3 is 0 Å². The molecule has 3 aromatic rings. The van der Waals surface area contributed by atoms with Crippen LogP contribution >= 0.6 is 11.8 Å². The Hall–Kier alpha value is -2.68. The number of nitrogen functional groups attached to an aromatic ring is 1. The summed E-state index contributed by atoms with van der Waals surface area (Å²) in [6.45, 7) is 2.72. The first kappa shape index (κ1) is 17.2. The van der Waals surface area contributed by atoms with Gasteiger partial charge < -0.3 is 16.0 Å². The predicted octanol–water partition coefficient (Wildman–Crippen LogP) is 1.53. The van der Waals surface area contributed by atoms with Gasteiger partial charge in [-0.3, -0.25) is 4.79 Å². The summed E-state index contributed by atoms with van der Waals surface area (Å²) in [6, 6.07) is 7.65. The molecule has 4 N–H and O–H groups in total. The van der Waals surface area contributed by atoms with Gasteiger partial charge in [0.05, 0.1) is 11.3 Å². The standard InChI is InChI=1S/C16H19N7OS/c1-2-23-14(8-7-12(17)24)21-22-16(23)25-9-13-19-11-6-4-3-5-10(11)15(18)20-13/h3-6H,2,7-9H2,1H3,(H2,17,24)(H2,18,19,20). The first-order valence-electron chi connectivity index (χ1n) is 7.92. The summed E-state index contributed by atoms with van der Waals surface area (Å²) in [5, 5.41) is 9.97. The van der Waals surface area contributed by atoms with Gasteiger partial charge in [-0.1, -0.05) is 23.9 Å². The second-order valence-electron chi connectivity index (χ2n) is 5.44. The van der Waals surface area contributed by atoms with E-state index in [2.05, 4.69) is 20.2 Å². The lowest BCUT2D eigenvalue weighted by molar-refractivity contribution is -0.118. The Morgan fingerprint density at radius 1 is 1.24 bits per heavy atom. The Morgan fingerprint density at radius 2 is 2.04 bits per heavy atom. The van der Waals surface area contributed by atoms with E-state index in [9.17, 15) is 4.79 Å². The molecule has 0 fully saturated rings. The quantitative estimate of drug-likeness (QED) is 0.614. The van der Waals surface area contributed by atoms with Crippen molar-refractivity contribution >= 4 is 34.4 Å². The summed E-state index contributed by atoms with van der Waals surface area (Å²) in [5.74, 6) is 2.05. The van der Waals surface area contributed by atoms with Crippen LogP contribution in [0.1, 0.15) is 25.0 Å². The zero-order valence-electron chi connectivity index (χ0n) is 13.8. The van der Waals surface area contributed by atoms with Crippen LogP contribution in [-0.2, 0) is 23.5 Å². The van der Waals surface area contributed by atoms with Gasteiger partial charge in [0.25, 0.3) is 0 Å². The number of primary amides is 1. The van der Waals surface area contributed by atoms with Crippen molar-refractivity contribution in [1.82, 2.24) is 24.7 Å². The fourth-order valence-electron chi connectivity index (χ4n) is 2.51. The van der Waals surface area contributed by atoms with Crippen LogP contribution in [0.4, 0.5) is 5.82 Å². The summed E-state index contributed by atoms with van der Waals surface area (Å²) in [5.41, 5.74) is 12.0. The minimum Gasteiger partial charge on any atom is -0.383 e. The van der Waals surface area contributed by atoms with Crippen molar-refractivity contribution in [2.45, 2.75) is 37.2 Å². The molecule has 2 heterocycles. The largest absolute Gasteiger partial charge is 0.383 e. The van der Waals surface area contributed by atoms with E-state index in [4.69, 9.17) is 11.5 Å². The van der Waals surface area contributed by atoms with E-state index >= 15 is 0 Å². The maximum atomic E-state index is 11.0. The van der Waals surface area contributed by atoms with Crippen LogP contribution < -0.4 is 11.5 Å². The Morgan fingerprint density at radius 3 is 2.80 bits per heavy atom. The first-order valence-corrected chi connectivity index (χ1v) is 8.91. The van der Waals surface area contributed by atoms with Crippen molar-refractivity contribution in [1.29, 1.82) is 0 Å². The van der Waals surface area contributed by atoms with E-state index in [0.717, 1.165) is 21.9 Å². The molecule has 1 aromatic carbocycles. The smallest absolute Gasteiger partial charge is 0.217 e. The molecule has 8 nitrogen and oxygen atoms in total. The van der Waals surface area contributed by atoms with Gasteiger partial charge in [0, 0.05) is 24.8 Å². The molecule has 0 unspecified atom stereocenters. The van der Waals surface area contributed by atoms with Crippen LogP contribution in [0.3, 0.4) is 0 Å². The number of carbonyl (C=O) groups is 1. The predicted molar refractivity (Wildman–Crippen MR) is 96.7 cm³/mol. The van der Waals surface area contributed by atoms with Crippen molar-refractivity contribution < 1.29 is 4.79 Å². The number of hydrogen-bond donors (Lipinski definition) is 2. The van der Waals surface area contributed by atoms with Crippen LogP contribution in [-0.4, -0.2) is 30.6 Å². The number of para-hydroxylation sites is 1. The van der Waals surface area contributed by atoms with E-state index in [1.54, 1.807) is 0 Å². The highest BCUT2D eigenvalue weighted by atomic mass is 32.2. The lowest BCUT2D eigenvalue weighted by Gasteiger charge is -2.07. The van der Waals surface area contributed by atoms with Crippen molar-refractivity contribution in [3.63, 3.8) is 0 Å². The number of amides is 1. The molecule has 0 bridgehead atoms. The van der Waals surface area contributed by atoms with Gasteiger partial charge in [-0.05, 0) is 19.1 Å². The number of anilines is 1. The van der Waals surface area contributed by atoms with E-state index in [-0.39, 0.29) is 12.3 Å². The van der Waals surface area contributed by atoms with Gasteiger partial charge in [-0.25, -0.2) is 9.97 Å². The molecule has 0 spiro atoms. The highest BCUT2D eigenvalue weighted by Crippen LogP contribution is 2.23. The van der Waals surface area contributed by atoms with E-state index < -0.39 is 0 Å². The average Bonchev–Trinajstić information content (AvgIpc) is 3.00. The molecule has 0 aliphatic heterocycles. The number of hydrogen-bond acceptors (Lipinski definition) is 7. The van der Waals surface area contributed by atoms with Crippen LogP contribution in [0.2, 0.25) is 0 Å². The molecule has 25 heavy (non-hydrogen) atoms. The zero-order valence-corrected chi connectivity index (χ0v) is 14.7. The maximum absolute atomic E-state index is 11.0. The third-order valence-electron chi connectivity index (χ3n) is 3.71. The lowest BCUT2D eigenvalue weighted by atomic mass is 10.2. The molecule has 0 saturated heterocycles. The fraction of sp³-hybridized carbons (Fsp3) is 0.312. The highest BCUT2D eigenvalue weighted by molar-refractivity contribution is 7.98. The zero-order chi connectivity index (χ0) is 17.8. The number of aryl methyl sites for hydroxylation is 1. The molecule has 1 amide bonds. The summed E-state index contributed by atoms with van der Waals surface area (Å²) in [7, 11) is 0. The summed E-state index contributed by atoms with van der Waals surface area (Å²) < 4.78 is 1.97. The first-order chi connectivity index (χ1) is 12.1. The normalized spacial score (nSPS) is 11.1. The van der Waals surface area contributed by atoms with Crippen LogP contribution in [0.15, 0.2) is 29.4 Å². The van der Waals surface area contributed by atoms with Crippen LogP contribution in [0, 0.1) is 0 Å². The second-order valence-corrected chi connectivity index (χ2v) is 6.38. The molecular formula is C16H19N7OS. The number of thioether (sulfide) groups is 1. The molecule has 0 saturated carbocycles. The molecular weight excluding hydrogens is 338 g/mol. The minimum atomic E-state index is -0.347. The third-order valence-corrected chi connectivity index (χ3v) is 4.68.